The van der Waals surface area contributed by atoms with Crippen LogP contribution in [0.5, 0.6) is 0 Å². The summed E-state index contributed by atoms with van der Waals surface area (Å²) in [5.41, 5.74) is 0.340. The fourth-order valence-electron chi connectivity index (χ4n) is 2.63. The minimum Gasteiger partial charge on any atom is -0.349 e. The third-order valence-corrected chi connectivity index (χ3v) is 5.86. The van der Waals surface area contributed by atoms with Crippen LogP contribution in [0.2, 0.25) is 0 Å². The van der Waals surface area contributed by atoms with Crippen LogP contribution in [0.15, 0.2) is 41.8 Å². The predicted molar refractivity (Wildman–Crippen MR) is 86.2 cm³/mol. The molecule has 0 unspecified atom stereocenters. The molecule has 0 aliphatic carbocycles. The Morgan fingerprint density at radius 3 is 2.91 bits per heavy atom. The van der Waals surface area contributed by atoms with E-state index in [2.05, 4.69) is 11.9 Å². The summed E-state index contributed by atoms with van der Waals surface area (Å²) in [4.78, 5) is 12.1. The Morgan fingerprint density at radius 1 is 1.45 bits per heavy atom. The quantitative estimate of drug-likeness (QED) is 0.845. The molecule has 1 aromatic rings. The van der Waals surface area contributed by atoms with Crippen molar-refractivity contribution in [3.05, 3.63) is 42.5 Å². The van der Waals surface area contributed by atoms with Crippen LogP contribution in [-0.4, -0.2) is 37.8 Å². The van der Waals surface area contributed by atoms with Crippen LogP contribution in [0.4, 0.5) is 0 Å². The average molecular weight is 322 g/mol. The van der Waals surface area contributed by atoms with Gasteiger partial charge in [0.15, 0.2) is 0 Å². The molecular weight excluding hydrogens is 300 g/mol. The second kappa shape index (κ2) is 7.07. The smallest absolute Gasteiger partial charge is 0.251 e. The number of benzene rings is 1. The lowest BCUT2D eigenvalue weighted by atomic mass is 10.1. The Balaban J connectivity index is 2.27. The standard InChI is InChI=1S/C16H22N2O3S/c1-3-10-17-16(19)14-8-6-9-15(12-14)22(20,21)18-11-5-4-7-13(18)2/h3,6,8-9,12-13H,1,4-5,7,10-11H2,2H3,(H,17,19)/t13-/m1/s1. The molecule has 0 spiro atoms. The molecule has 0 bridgehead atoms. The number of rotatable bonds is 5. The Kier molecular flexibility index (Phi) is 5.37. The average Bonchev–Trinajstić information content (AvgIpc) is 2.53. The first-order valence-electron chi connectivity index (χ1n) is 7.48. The molecular formula is C16H22N2O3S. The fourth-order valence-corrected chi connectivity index (χ4v) is 4.37. The van der Waals surface area contributed by atoms with Gasteiger partial charge in [-0.05, 0) is 38.0 Å². The van der Waals surface area contributed by atoms with Gasteiger partial charge in [0.05, 0.1) is 4.90 Å². The second-order valence-electron chi connectivity index (χ2n) is 5.49. The number of amides is 1. The maximum Gasteiger partial charge on any atom is 0.251 e. The van der Waals surface area contributed by atoms with E-state index < -0.39 is 10.0 Å². The van der Waals surface area contributed by atoms with Gasteiger partial charge in [0.2, 0.25) is 10.0 Å². The highest BCUT2D eigenvalue weighted by Crippen LogP contribution is 2.25. The first kappa shape index (κ1) is 16.7. The number of nitrogens with zero attached hydrogens (tertiary/aromatic N) is 1. The molecule has 1 aromatic carbocycles. The minimum absolute atomic E-state index is 0.00278. The van der Waals surface area contributed by atoms with E-state index in [0.29, 0.717) is 18.7 Å². The van der Waals surface area contributed by atoms with Crippen molar-refractivity contribution >= 4 is 15.9 Å². The Bertz CT molecular complexity index is 655. The van der Waals surface area contributed by atoms with Crippen molar-refractivity contribution in [2.45, 2.75) is 37.1 Å². The molecule has 6 heteroatoms. The molecule has 1 saturated heterocycles. The zero-order valence-electron chi connectivity index (χ0n) is 12.8. The van der Waals surface area contributed by atoms with E-state index in [0.717, 1.165) is 19.3 Å². The predicted octanol–water partition coefficient (Wildman–Crippen LogP) is 2.17. The maximum absolute atomic E-state index is 12.8. The van der Waals surface area contributed by atoms with E-state index in [1.54, 1.807) is 24.3 Å². The van der Waals surface area contributed by atoms with Crippen LogP contribution < -0.4 is 5.32 Å². The summed E-state index contributed by atoms with van der Waals surface area (Å²) in [7, 11) is -3.55. The van der Waals surface area contributed by atoms with Gasteiger partial charge in [-0.25, -0.2) is 8.42 Å². The first-order chi connectivity index (χ1) is 10.5. The van der Waals surface area contributed by atoms with E-state index in [1.807, 2.05) is 6.92 Å². The van der Waals surface area contributed by atoms with Gasteiger partial charge in [-0.3, -0.25) is 4.79 Å². The van der Waals surface area contributed by atoms with Gasteiger partial charge in [0, 0.05) is 24.7 Å². The monoisotopic (exact) mass is 322 g/mol. The van der Waals surface area contributed by atoms with Crippen LogP contribution in [0.25, 0.3) is 0 Å². The molecule has 0 saturated carbocycles. The highest BCUT2D eigenvalue weighted by Gasteiger charge is 2.31. The lowest BCUT2D eigenvalue weighted by molar-refractivity contribution is 0.0958. The second-order valence-corrected chi connectivity index (χ2v) is 7.38. The number of hydrogen-bond donors (Lipinski definition) is 1. The molecule has 22 heavy (non-hydrogen) atoms. The summed E-state index contributed by atoms with van der Waals surface area (Å²) >= 11 is 0. The molecule has 1 aliphatic rings. The van der Waals surface area contributed by atoms with E-state index >= 15 is 0 Å². The summed E-state index contributed by atoms with van der Waals surface area (Å²) in [6, 6.07) is 6.19. The van der Waals surface area contributed by atoms with Crippen LogP contribution in [0.1, 0.15) is 36.5 Å². The molecule has 5 nitrogen and oxygen atoms in total. The summed E-state index contributed by atoms with van der Waals surface area (Å²) < 4.78 is 27.1. The fraction of sp³-hybridized carbons (Fsp3) is 0.438. The molecule has 1 amide bonds. The van der Waals surface area contributed by atoms with E-state index in [1.165, 1.54) is 10.4 Å². The van der Waals surface area contributed by atoms with E-state index in [4.69, 9.17) is 0 Å². The number of carbonyl (C=O) groups excluding carboxylic acids is 1. The summed E-state index contributed by atoms with van der Waals surface area (Å²) in [6.45, 7) is 6.35. The van der Waals surface area contributed by atoms with Crippen molar-refractivity contribution in [3.63, 3.8) is 0 Å². The summed E-state index contributed by atoms with van der Waals surface area (Å²) in [5.74, 6) is -0.302. The molecule has 1 N–H and O–H groups in total. The van der Waals surface area contributed by atoms with E-state index in [-0.39, 0.29) is 16.8 Å². The zero-order valence-corrected chi connectivity index (χ0v) is 13.6. The summed E-state index contributed by atoms with van der Waals surface area (Å²) in [5, 5.41) is 2.65. The highest BCUT2D eigenvalue weighted by atomic mass is 32.2. The van der Waals surface area contributed by atoms with Gasteiger partial charge >= 0.3 is 0 Å². The normalized spacial score (nSPS) is 19.6. The topological polar surface area (TPSA) is 66.5 Å². The van der Waals surface area contributed by atoms with Crippen LogP contribution in [0.3, 0.4) is 0 Å². The van der Waals surface area contributed by atoms with Crippen molar-refractivity contribution in [1.29, 1.82) is 0 Å². The molecule has 1 fully saturated rings. The van der Waals surface area contributed by atoms with E-state index in [9.17, 15) is 13.2 Å². The van der Waals surface area contributed by atoms with Gasteiger partial charge in [-0.1, -0.05) is 18.6 Å². The molecule has 0 aromatic heterocycles. The van der Waals surface area contributed by atoms with Crippen molar-refractivity contribution in [2.75, 3.05) is 13.1 Å². The Labute approximate surface area is 132 Å². The Hall–Kier alpha value is -1.66. The number of carbonyl (C=O) groups is 1. The molecule has 1 atom stereocenters. The largest absolute Gasteiger partial charge is 0.349 e. The lowest BCUT2D eigenvalue weighted by Crippen LogP contribution is -2.42. The highest BCUT2D eigenvalue weighted by molar-refractivity contribution is 7.89. The SMILES string of the molecule is C=CCNC(=O)c1cccc(S(=O)(=O)N2CCCC[C@H]2C)c1. The first-order valence-corrected chi connectivity index (χ1v) is 8.92. The van der Waals surface area contributed by atoms with Gasteiger partial charge in [-0.2, -0.15) is 4.31 Å². The van der Waals surface area contributed by atoms with Gasteiger partial charge in [-0.15, -0.1) is 6.58 Å². The molecule has 120 valence electrons. The number of sulfonamides is 1. The third-order valence-electron chi connectivity index (χ3n) is 3.85. The number of piperidine rings is 1. The number of nitrogens with one attached hydrogen (secondary N) is 1. The van der Waals surface area contributed by atoms with Gasteiger partial charge in [0.25, 0.3) is 5.91 Å². The van der Waals surface area contributed by atoms with Gasteiger partial charge in [0.1, 0.15) is 0 Å². The molecule has 0 radical (unpaired) electrons. The van der Waals surface area contributed by atoms with Crippen molar-refractivity contribution in [3.8, 4) is 0 Å². The Morgan fingerprint density at radius 2 is 2.23 bits per heavy atom. The van der Waals surface area contributed by atoms with Crippen molar-refractivity contribution in [1.82, 2.24) is 9.62 Å². The van der Waals surface area contributed by atoms with Crippen LogP contribution >= 0.6 is 0 Å². The van der Waals surface area contributed by atoms with Crippen molar-refractivity contribution in [2.24, 2.45) is 0 Å². The van der Waals surface area contributed by atoms with Crippen molar-refractivity contribution < 1.29 is 13.2 Å². The van der Waals surface area contributed by atoms with Crippen LogP contribution in [-0.2, 0) is 10.0 Å². The summed E-state index contributed by atoms with van der Waals surface area (Å²) in [6.07, 6.45) is 4.38. The van der Waals surface area contributed by atoms with Crippen LogP contribution in [0, 0.1) is 0 Å². The molecule has 2 rings (SSSR count). The minimum atomic E-state index is -3.55. The third kappa shape index (κ3) is 3.56. The molecule has 1 heterocycles. The molecule has 1 aliphatic heterocycles. The number of hydrogen-bond acceptors (Lipinski definition) is 3. The maximum atomic E-state index is 12.8. The lowest BCUT2D eigenvalue weighted by Gasteiger charge is -2.32. The van der Waals surface area contributed by atoms with Gasteiger partial charge < -0.3 is 5.32 Å². The zero-order chi connectivity index (χ0) is 16.2.